The largest absolute Gasteiger partial charge is 0.497 e. The molecule has 0 aliphatic carbocycles. The van der Waals surface area contributed by atoms with E-state index in [1.165, 1.54) is 11.3 Å². The fourth-order valence-corrected chi connectivity index (χ4v) is 4.05. The number of thiazole rings is 1. The van der Waals surface area contributed by atoms with Crippen molar-refractivity contribution in [2.24, 2.45) is 0 Å². The van der Waals surface area contributed by atoms with E-state index in [2.05, 4.69) is 29.1 Å². The molecule has 0 spiro atoms. The lowest BCUT2D eigenvalue weighted by Crippen LogP contribution is -2.61. The van der Waals surface area contributed by atoms with Gasteiger partial charge in [0.25, 0.3) is 11.8 Å². The van der Waals surface area contributed by atoms with Gasteiger partial charge in [-0.1, -0.05) is 13.8 Å². The number of fused-ring (bicyclic) bond motifs is 1. The fraction of sp³-hybridized carbons (Fsp3) is 0.333. The first kappa shape index (κ1) is 19.3. The molecule has 3 heterocycles. The van der Waals surface area contributed by atoms with Crippen LogP contribution in [0.4, 0.5) is 0 Å². The van der Waals surface area contributed by atoms with Crippen LogP contribution < -0.4 is 10.1 Å². The number of ether oxygens (including phenoxy) is 1. The molecule has 0 unspecified atom stereocenters. The van der Waals surface area contributed by atoms with Gasteiger partial charge in [0.1, 0.15) is 11.4 Å². The number of hydrogen-bond acceptors (Lipinski definition) is 6. The van der Waals surface area contributed by atoms with Gasteiger partial charge >= 0.3 is 0 Å². The Morgan fingerprint density at radius 3 is 2.72 bits per heavy atom. The van der Waals surface area contributed by atoms with Crippen molar-refractivity contribution in [3.8, 4) is 5.75 Å². The highest BCUT2D eigenvalue weighted by molar-refractivity contribution is 7.07. The molecular formula is C21H22N4O3S. The first-order valence-corrected chi connectivity index (χ1v) is 10.4. The van der Waals surface area contributed by atoms with Crippen LogP contribution in [0.25, 0.3) is 10.9 Å². The van der Waals surface area contributed by atoms with Gasteiger partial charge in [-0.15, -0.1) is 11.3 Å². The van der Waals surface area contributed by atoms with Gasteiger partial charge in [0.15, 0.2) is 0 Å². The number of carbonyl (C=O) groups excluding carboxylic acids is 2. The molecule has 29 heavy (non-hydrogen) atoms. The lowest BCUT2D eigenvalue weighted by Gasteiger charge is -2.39. The molecule has 1 aromatic carbocycles. The summed E-state index contributed by atoms with van der Waals surface area (Å²) in [6, 6.07) is 5.51. The van der Waals surface area contributed by atoms with E-state index in [0.717, 1.165) is 10.9 Å². The van der Waals surface area contributed by atoms with Crippen molar-refractivity contribution in [3.63, 3.8) is 0 Å². The third-order valence-electron chi connectivity index (χ3n) is 5.11. The van der Waals surface area contributed by atoms with Gasteiger partial charge in [-0.25, -0.2) is 4.98 Å². The summed E-state index contributed by atoms with van der Waals surface area (Å²) in [5, 5.41) is 5.66. The minimum absolute atomic E-state index is 0.0976. The van der Waals surface area contributed by atoms with E-state index in [1.807, 2.05) is 12.1 Å². The molecule has 0 bridgehead atoms. The number of carbonyl (C=O) groups is 2. The molecule has 7 nitrogen and oxygen atoms in total. The molecule has 1 N–H and O–H groups in total. The molecule has 4 rings (SSSR count). The number of nitrogens with zero attached hydrogens (tertiary/aromatic N) is 3. The average molecular weight is 410 g/mol. The Morgan fingerprint density at radius 1 is 1.28 bits per heavy atom. The van der Waals surface area contributed by atoms with Gasteiger partial charge in [-0.05, 0) is 29.7 Å². The maximum Gasteiger partial charge on any atom is 0.273 e. The predicted molar refractivity (Wildman–Crippen MR) is 112 cm³/mol. The van der Waals surface area contributed by atoms with Crippen LogP contribution in [0, 0.1) is 0 Å². The Kier molecular flexibility index (Phi) is 5.19. The average Bonchev–Trinajstić information content (AvgIpc) is 3.23. The summed E-state index contributed by atoms with van der Waals surface area (Å²) in [7, 11) is 1.59. The highest BCUT2D eigenvalue weighted by atomic mass is 32.1. The van der Waals surface area contributed by atoms with E-state index in [-0.39, 0.29) is 17.9 Å². The number of likely N-dealkylation sites (tertiary alicyclic amines) is 1. The summed E-state index contributed by atoms with van der Waals surface area (Å²) in [5.74, 6) is 0.590. The molecule has 0 atom stereocenters. The Morgan fingerprint density at radius 2 is 2.07 bits per heavy atom. The van der Waals surface area contributed by atoms with Crippen LogP contribution in [0.15, 0.2) is 35.3 Å². The number of pyridine rings is 1. The second kappa shape index (κ2) is 7.79. The van der Waals surface area contributed by atoms with Gasteiger partial charge in [0.05, 0.1) is 29.7 Å². The van der Waals surface area contributed by atoms with Crippen LogP contribution in [-0.2, 0) is 0 Å². The van der Waals surface area contributed by atoms with Crippen LogP contribution in [0.2, 0.25) is 0 Å². The van der Waals surface area contributed by atoms with Crippen molar-refractivity contribution in [1.29, 1.82) is 0 Å². The smallest absolute Gasteiger partial charge is 0.273 e. The molecule has 2 aromatic heterocycles. The second-order valence-electron chi connectivity index (χ2n) is 7.38. The van der Waals surface area contributed by atoms with Crippen molar-refractivity contribution in [3.05, 3.63) is 52.1 Å². The normalized spacial score (nSPS) is 14.1. The molecule has 1 aliphatic rings. The summed E-state index contributed by atoms with van der Waals surface area (Å²) in [6.45, 7) is 5.15. The first-order valence-electron chi connectivity index (χ1n) is 9.43. The maximum atomic E-state index is 13.0. The third-order valence-corrected chi connectivity index (χ3v) is 5.70. The zero-order chi connectivity index (χ0) is 20.5. The van der Waals surface area contributed by atoms with Gasteiger partial charge in [-0.2, -0.15) is 0 Å². The van der Waals surface area contributed by atoms with Crippen LogP contribution in [0.3, 0.4) is 0 Å². The number of benzene rings is 1. The summed E-state index contributed by atoms with van der Waals surface area (Å²) in [5.41, 5.74) is 4.34. The fourth-order valence-electron chi connectivity index (χ4n) is 3.52. The van der Waals surface area contributed by atoms with Crippen molar-refractivity contribution in [2.45, 2.75) is 25.8 Å². The summed E-state index contributed by atoms with van der Waals surface area (Å²) >= 11 is 1.39. The van der Waals surface area contributed by atoms with E-state index in [1.54, 1.807) is 35.2 Å². The zero-order valence-corrected chi connectivity index (χ0v) is 17.3. The Bertz CT molecular complexity index is 1060. The van der Waals surface area contributed by atoms with Gasteiger partial charge in [-0.3, -0.25) is 14.6 Å². The van der Waals surface area contributed by atoms with Gasteiger partial charge in [0, 0.05) is 30.1 Å². The van der Waals surface area contributed by atoms with Crippen LogP contribution in [-0.4, -0.2) is 52.9 Å². The highest BCUT2D eigenvalue weighted by Gasteiger charge is 2.33. The SMILES string of the molecule is COc1cc(C(=O)NC2CN(C(=O)c3cscn3)C2)c2nccc(C(C)C)c2c1. The van der Waals surface area contributed by atoms with Crippen LogP contribution >= 0.6 is 11.3 Å². The molecule has 1 aliphatic heterocycles. The molecule has 1 fully saturated rings. The Balaban J connectivity index is 1.53. The number of rotatable bonds is 5. The molecule has 2 amide bonds. The first-order chi connectivity index (χ1) is 14.0. The van der Waals surface area contributed by atoms with E-state index < -0.39 is 0 Å². The molecule has 150 valence electrons. The zero-order valence-electron chi connectivity index (χ0n) is 16.5. The summed E-state index contributed by atoms with van der Waals surface area (Å²) < 4.78 is 5.42. The quantitative estimate of drug-likeness (QED) is 0.699. The monoisotopic (exact) mass is 410 g/mol. The minimum Gasteiger partial charge on any atom is -0.497 e. The minimum atomic E-state index is -0.215. The maximum absolute atomic E-state index is 13.0. The molecule has 3 aromatic rings. The van der Waals surface area contributed by atoms with Gasteiger partial charge in [0.2, 0.25) is 0 Å². The predicted octanol–water partition coefficient (Wildman–Crippen LogP) is 3.08. The van der Waals surface area contributed by atoms with E-state index in [9.17, 15) is 9.59 Å². The lowest BCUT2D eigenvalue weighted by atomic mass is 9.96. The third kappa shape index (κ3) is 3.67. The summed E-state index contributed by atoms with van der Waals surface area (Å²) in [4.78, 5) is 35.5. The van der Waals surface area contributed by atoms with E-state index in [4.69, 9.17) is 4.74 Å². The molecule has 0 radical (unpaired) electrons. The highest BCUT2D eigenvalue weighted by Crippen LogP contribution is 2.30. The number of amides is 2. The molecule has 0 saturated carbocycles. The van der Waals surface area contributed by atoms with Gasteiger partial charge < -0.3 is 15.0 Å². The van der Waals surface area contributed by atoms with Crippen LogP contribution in [0.1, 0.15) is 46.2 Å². The van der Waals surface area contributed by atoms with E-state index >= 15 is 0 Å². The number of aromatic nitrogens is 2. The molecule has 8 heteroatoms. The Hall–Kier alpha value is -3.00. The molecular weight excluding hydrogens is 388 g/mol. The van der Waals surface area contributed by atoms with Crippen LogP contribution in [0.5, 0.6) is 5.75 Å². The van der Waals surface area contributed by atoms with Crippen molar-refractivity contribution in [2.75, 3.05) is 20.2 Å². The number of nitrogens with one attached hydrogen (secondary N) is 1. The number of hydrogen-bond donors (Lipinski definition) is 1. The topological polar surface area (TPSA) is 84.4 Å². The van der Waals surface area contributed by atoms with E-state index in [0.29, 0.717) is 41.5 Å². The van der Waals surface area contributed by atoms with Crippen molar-refractivity contribution < 1.29 is 14.3 Å². The lowest BCUT2D eigenvalue weighted by molar-refractivity contribution is 0.0538. The Labute approximate surface area is 172 Å². The number of methoxy groups -OCH3 is 1. The second-order valence-corrected chi connectivity index (χ2v) is 8.10. The molecule has 1 saturated heterocycles. The standard InChI is InChI=1S/C21H22N4O3S/c1-12(2)15-4-5-22-19-16(15)6-14(28-3)7-17(19)20(26)24-13-8-25(9-13)21(27)18-10-29-11-23-18/h4-7,10-13H,8-9H2,1-3H3,(H,24,26). The van der Waals surface area contributed by atoms with Crippen molar-refractivity contribution >= 4 is 34.1 Å². The van der Waals surface area contributed by atoms with Crippen molar-refractivity contribution in [1.82, 2.24) is 20.2 Å². The summed E-state index contributed by atoms with van der Waals surface area (Å²) in [6.07, 6.45) is 1.73.